The van der Waals surface area contributed by atoms with Crippen molar-refractivity contribution in [2.45, 2.75) is 38.6 Å². The van der Waals surface area contributed by atoms with Gasteiger partial charge in [0.2, 0.25) is 0 Å². The zero-order valence-electron chi connectivity index (χ0n) is 14.3. The lowest BCUT2D eigenvalue weighted by Crippen LogP contribution is -2.13. The van der Waals surface area contributed by atoms with E-state index >= 15 is 0 Å². The molecule has 3 rings (SSSR count). The van der Waals surface area contributed by atoms with Crippen molar-refractivity contribution in [1.82, 2.24) is 4.57 Å². The zero-order chi connectivity index (χ0) is 18.1. The number of halogens is 1. The molecular weight excluding hydrogens is 384 g/mol. The quantitative estimate of drug-likeness (QED) is 0.744. The number of ether oxygens (including phenoxy) is 1. The van der Waals surface area contributed by atoms with Crippen LogP contribution in [0.2, 0.25) is 0 Å². The molecule has 6 heteroatoms. The number of hydrogen-bond acceptors (Lipinski definition) is 3. The van der Waals surface area contributed by atoms with Gasteiger partial charge in [0.1, 0.15) is 0 Å². The van der Waals surface area contributed by atoms with Crippen LogP contribution in [-0.4, -0.2) is 23.6 Å². The maximum absolute atomic E-state index is 12.2. The van der Waals surface area contributed by atoms with Gasteiger partial charge in [0.05, 0.1) is 19.1 Å². The van der Waals surface area contributed by atoms with Gasteiger partial charge in [0.25, 0.3) is 5.91 Å². The molecule has 0 aliphatic heterocycles. The summed E-state index contributed by atoms with van der Waals surface area (Å²) in [4.78, 5) is 23.9. The van der Waals surface area contributed by atoms with Crippen molar-refractivity contribution in [3.8, 4) is 11.1 Å². The average molecular weight is 405 g/mol. The van der Waals surface area contributed by atoms with Crippen LogP contribution in [0, 0.1) is 6.92 Å². The third kappa shape index (κ3) is 3.49. The van der Waals surface area contributed by atoms with E-state index in [0.29, 0.717) is 18.0 Å². The summed E-state index contributed by atoms with van der Waals surface area (Å²) in [5.41, 5.74) is 9.91. The second-order valence-electron chi connectivity index (χ2n) is 6.33. The SMILES string of the molecule is COC(=O)CCc1c(-c2ccc(Br)cc2)c(C(N)=O)c(C)n1C1CC1. The Morgan fingerprint density at radius 2 is 1.92 bits per heavy atom. The van der Waals surface area contributed by atoms with E-state index in [9.17, 15) is 9.59 Å². The van der Waals surface area contributed by atoms with Crippen LogP contribution < -0.4 is 5.73 Å². The summed E-state index contributed by atoms with van der Waals surface area (Å²) >= 11 is 3.44. The first-order valence-electron chi connectivity index (χ1n) is 8.30. The largest absolute Gasteiger partial charge is 0.469 e. The molecule has 0 bridgehead atoms. The van der Waals surface area contributed by atoms with Gasteiger partial charge >= 0.3 is 5.97 Å². The molecule has 0 saturated heterocycles. The molecule has 25 heavy (non-hydrogen) atoms. The van der Waals surface area contributed by atoms with E-state index < -0.39 is 5.91 Å². The predicted octanol–water partition coefficient (Wildman–Crippen LogP) is 3.77. The molecule has 132 valence electrons. The highest BCUT2D eigenvalue weighted by atomic mass is 79.9. The van der Waals surface area contributed by atoms with E-state index in [2.05, 4.69) is 20.5 Å². The molecule has 1 fully saturated rings. The van der Waals surface area contributed by atoms with Crippen LogP contribution in [-0.2, 0) is 16.0 Å². The Morgan fingerprint density at radius 3 is 2.44 bits per heavy atom. The molecule has 1 amide bonds. The van der Waals surface area contributed by atoms with Crippen molar-refractivity contribution in [3.63, 3.8) is 0 Å². The number of methoxy groups -OCH3 is 1. The van der Waals surface area contributed by atoms with Gasteiger partial charge in [-0.25, -0.2) is 0 Å². The standard InChI is InChI=1S/C19H21BrN2O3/c1-11-17(19(21)24)18(12-3-5-13(20)6-4-12)15(9-10-16(23)25-2)22(11)14-7-8-14/h3-6,14H,7-10H2,1-2H3,(H2,21,24). The summed E-state index contributed by atoms with van der Waals surface area (Å²) in [6, 6.07) is 8.19. The lowest BCUT2D eigenvalue weighted by molar-refractivity contribution is -0.140. The number of primary amides is 1. The third-order valence-corrected chi connectivity index (χ3v) is 5.17. The minimum atomic E-state index is -0.436. The van der Waals surface area contributed by atoms with E-state index in [4.69, 9.17) is 10.5 Å². The molecule has 1 aromatic carbocycles. The first-order chi connectivity index (χ1) is 11.9. The second kappa shape index (κ2) is 7.04. The number of nitrogens with two attached hydrogens (primary N) is 1. The lowest BCUT2D eigenvalue weighted by Gasteiger charge is -2.12. The number of rotatable bonds is 6. The summed E-state index contributed by atoms with van der Waals surface area (Å²) in [5, 5.41) is 0. The Kier molecular flexibility index (Phi) is 4.99. The maximum atomic E-state index is 12.2. The van der Waals surface area contributed by atoms with Gasteiger partial charge in [0.15, 0.2) is 0 Å². The molecule has 0 unspecified atom stereocenters. The van der Waals surface area contributed by atoms with Crippen LogP contribution in [0.15, 0.2) is 28.7 Å². The van der Waals surface area contributed by atoms with Crippen molar-refractivity contribution < 1.29 is 14.3 Å². The van der Waals surface area contributed by atoms with Gasteiger partial charge in [0, 0.05) is 27.5 Å². The Bertz CT molecular complexity index is 820. The van der Waals surface area contributed by atoms with E-state index in [1.165, 1.54) is 7.11 Å². The fourth-order valence-electron chi connectivity index (χ4n) is 3.39. The summed E-state index contributed by atoms with van der Waals surface area (Å²) in [5.74, 6) is -0.697. The van der Waals surface area contributed by atoms with Gasteiger partial charge in [-0.2, -0.15) is 0 Å². The van der Waals surface area contributed by atoms with Crippen LogP contribution >= 0.6 is 15.9 Å². The number of hydrogen-bond donors (Lipinski definition) is 1. The normalized spacial score (nSPS) is 13.7. The van der Waals surface area contributed by atoms with E-state index in [1.54, 1.807) is 0 Å². The average Bonchev–Trinajstić information content (AvgIpc) is 3.37. The highest BCUT2D eigenvalue weighted by Crippen LogP contribution is 2.43. The Labute approximate surface area is 155 Å². The molecule has 2 aromatic rings. The molecule has 2 N–H and O–H groups in total. The highest BCUT2D eigenvalue weighted by molar-refractivity contribution is 9.10. The Morgan fingerprint density at radius 1 is 1.28 bits per heavy atom. The van der Waals surface area contributed by atoms with E-state index in [-0.39, 0.29) is 12.4 Å². The number of nitrogens with zero attached hydrogens (tertiary/aromatic N) is 1. The van der Waals surface area contributed by atoms with Gasteiger partial charge in [-0.1, -0.05) is 28.1 Å². The number of carbonyl (C=O) groups excluding carboxylic acids is 2. The molecule has 0 radical (unpaired) electrons. The predicted molar refractivity (Wildman–Crippen MR) is 99.4 cm³/mol. The second-order valence-corrected chi connectivity index (χ2v) is 7.25. The van der Waals surface area contributed by atoms with Gasteiger partial charge in [-0.05, 0) is 43.9 Å². The molecule has 1 aliphatic rings. The Balaban J connectivity index is 2.18. The van der Waals surface area contributed by atoms with E-state index in [1.807, 2.05) is 31.2 Å². The fourth-order valence-corrected chi connectivity index (χ4v) is 3.66. The van der Waals surface area contributed by atoms with Crippen molar-refractivity contribution in [2.24, 2.45) is 5.73 Å². The smallest absolute Gasteiger partial charge is 0.305 e. The third-order valence-electron chi connectivity index (χ3n) is 4.64. The van der Waals surface area contributed by atoms with Crippen molar-refractivity contribution in [1.29, 1.82) is 0 Å². The first kappa shape index (κ1) is 17.7. The molecular formula is C19H21BrN2O3. The van der Waals surface area contributed by atoms with Crippen molar-refractivity contribution >= 4 is 27.8 Å². The highest BCUT2D eigenvalue weighted by Gasteiger charge is 2.33. The van der Waals surface area contributed by atoms with Crippen LogP contribution in [0.1, 0.15) is 47.1 Å². The van der Waals surface area contributed by atoms with E-state index in [0.717, 1.165) is 39.8 Å². The molecule has 0 atom stereocenters. The number of benzene rings is 1. The molecule has 5 nitrogen and oxygen atoms in total. The fraction of sp³-hybridized carbons (Fsp3) is 0.368. The molecule has 0 spiro atoms. The van der Waals surface area contributed by atoms with Crippen molar-refractivity contribution in [2.75, 3.05) is 7.11 Å². The van der Waals surface area contributed by atoms with Crippen LogP contribution in [0.3, 0.4) is 0 Å². The van der Waals surface area contributed by atoms with Crippen molar-refractivity contribution in [3.05, 3.63) is 45.7 Å². The minimum absolute atomic E-state index is 0.261. The number of amides is 1. The molecule has 1 saturated carbocycles. The van der Waals surface area contributed by atoms with Crippen LogP contribution in [0.5, 0.6) is 0 Å². The zero-order valence-corrected chi connectivity index (χ0v) is 15.9. The van der Waals surface area contributed by atoms with Crippen LogP contribution in [0.4, 0.5) is 0 Å². The first-order valence-corrected chi connectivity index (χ1v) is 9.09. The van der Waals surface area contributed by atoms with Gasteiger partial charge in [-0.3, -0.25) is 9.59 Å². The van der Waals surface area contributed by atoms with Gasteiger partial charge in [-0.15, -0.1) is 0 Å². The number of aromatic nitrogens is 1. The van der Waals surface area contributed by atoms with Gasteiger partial charge < -0.3 is 15.0 Å². The number of esters is 1. The minimum Gasteiger partial charge on any atom is -0.469 e. The molecule has 1 heterocycles. The monoisotopic (exact) mass is 404 g/mol. The number of carbonyl (C=O) groups is 2. The topological polar surface area (TPSA) is 74.3 Å². The molecule has 1 aliphatic carbocycles. The summed E-state index contributed by atoms with van der Waals surface area (Å²) in [7, 11) is 1.39. The molecule has 1 aromatic heterocycles. The lowest BCUT2D eigenvalue weighted by atomic mass is 9.98. The summed E-state index contributed by atoms with van der Waals surface area (Å²) in [6.07, 6.45) is 2.95. The Hall–Kier alpha value is -2.08. The summed E-state index contributed by atoms with van der Waals surface area (Å²) < 4.78 is 7.95. The maximum Gasteiger partial charge on any atom is 0.305 e. The van der Waals surface area contributed by atoms with Crippen LogP contribution in [0.25, 0.3) is 11.1 Å². The summed E-state index contributed by atoms with van der Waals surface area (Å²) in [6.45, 7) is 1.93.